The molecule has 0 amide bonds. The Morgan fingerprint density at radius 1 is 1.12 bits per heavy atom. The van der Waals surface area contributed by atoms with Crippen molar-refractivity contribution in [1.29, 1.82) is 0 Å². The highest BCUT2D eigenvalue weighted by atomic mass is 16.5. The van der Waals surface area contributed by atoms with Gasteiger partial charge in [0.2, 0.25) is 0 Å². The number of nitrogens with two attached hydrogens (primary N) is 1. The van der Waals surface area contributed by atoms with Crippen LogP contribution in [0.5, 0.6) is 5.75 Å². The molecule has 0 aliphatic heterocycles. The maximum Gasteiger partial charge on any atom is 0.119 e. The van der Waals surface area contributed by atoms with Gasteiger partial charge in [-0.3, -0.25) is 0 Å². The molecule has 0 bridgehead atoms. The molecule has 0 spiro atoms. The van der Waals surface area contributed by atoms with E-state index in [1.54, 1.807) is 0 Å². The van der Waals surface area contributed by atoms with Gasteiger partial charge in [0.15, 0.2) is 0 Å². The normalized spacial score (nSPS) is 10.3. The molecule has 0 aliphatic rings. The highest BCUT2D eigenvalue weighted by Crippen LogP contribution is 2.12. The molecule has 3 nitrogen and oxygen atoms in total. The number of hydrogen-bond acceptors (Lipinski definition) is 1. The molecule has 0 fully saturated rings. The van der Waals surface area contributed by atoms with Crippen LogP contribution in [0.3, 0.4) is 0 Å². The molecule has 2 rings (SSSR count). The van der Waals surface area contributed by atoms with E-state index < -0.39 is 0 Å². The zero-order chi connectivity index (χ0) is 11.2. The summed E-state index contributed by atoms with van der Waals surface area (Å²) in [6.45, 7) is 1.55. The molecule has 3 heteroatoms. The van der Waals surface area contributed by atoms with Crippen LogP contribution < -0.4 is 10.1 Å². The third kappa shape index (κ3) is 2.87. The van der Waals surface area contributed by atoms with Crippen LogP contribution in [0, 0.1) is 7.05 Å². The van der Waals surface area contributed by atoms with E-state index in [-0.39, 0.29) is 0 Å². The Kier molecular flexibility index (Phi) is 3.62. The molecule has 0 saturated carbocycles. The fourth-order valence-electron chi connectivity index (χ4n) is 1.49. The van der Waals surface area contributed by atoms with Crippen molar-refractivity contribution in [3.05, 3.63) is 55.8 Å². The summed E-state index contributed by atoms with van der Waals surface area (Å²) >= 11 is 0. The highest BCUT2D eigenvalue weighted by Gasteiger charge is 1.95. The molecule has 2 aromatic rings. The summed E-state index contributed by atoms with van der Waals surface area (Å²) in [7, 11) is 3.71. The second kappa shape index (κ2) is 5.37. The van der Waals surface area contributed by atoms with Gasteiger partial charge in [0.05, 0.1) is 6.54 Å². The number of hydrogen-bond donors (Lipinski definition) is 1. The minimum atomic E-state index is 0.683. The van der Waals surface area contributed by atoms with Gasteiger partial charge in [-0.25, -0.2) is 0 Å². The molecular formula is C13H16N2O. The Morgan fingerprint density at radius 3 is 2.44 bits per heavy atom. The number of ether oxygens (including phenoxy) is 1. The van der Waals surface area contributed by atoms with Crippen molar-refractivity contribution in [1.82, 2.24) is 4.57 Å². The lowest BCUT2D eigenvalue weighted by molar-refractivity contribution is -0.504. The molecule has 16 heavy (non-hydrogen) atoms. The Hall–Kier alpha value is -1.74. The summed E-state index contributed by atoms with van der Waals surface area (Å²) in [5.74, 6) is 0.901. The van der Waals surface area contributed by atoms with Crippen LogP contribution >= 0.6 is 0 Å². The maximum absolute atomic E-state index is 5.62. The van der Waals surface area contributed by atoms with Gasteiger partial charge in [0.25, 0.3) is 0 Å². The first-order valence-corrected chi connectivity index (χ1v) is 5.34. The summed E-state index contributed by atoms with van der Waals surface area (Å²) in [6.07, 6.45) is 4.06. The average molecular weight is 216 g/mol. The summed E-state index contributed by atoms with van der Waals surface area (Å²) in [5.41, 5.74) is 1.11. The smallest absolute Gasteiger partial charge is 0.119 e. The Bertz CT molecular complexity index is 406. The van der Waals surface area contributed by atoms with Crippen LogP contribution in [0.1, 0.15) is 0 Å². The number of nitrogens with zero attached hydrogens (tertiary/aromatic N) is 1. The molecule has 1 aromatic carbocycles. The van der Waals surface area contributed by atoms with E-state index in [4.69, 9.17) is 4.74 Å². The van der Waals surface area contributed by atoms with E-state index in [1.165, 1.54) is 0 Å². The topological polar surface area (TPSA) is 30.8 Å². The molecule has 0 aliphatic carbocycles. The molecular weight excluding hydrogens is 200 g/mol. The summed E-state index contributed by atoms with van der Waals surface area (Å²) in [4.78, 5) is 0. The van der Waals surface area contributed by atoms with Crippen LogP contribution in [0.2, 0.25) is 0 Å². The van der Waals surface area contributed by atoms with E-state index in [0.29, 0.717) is 6.61 Å². The molecule has 0 saturated heterocycles. The first-order chi connectivity index (χ1) is 7.88. The first-order valence-electron chi connectivity index (χ1n) is 5.34. The van der Waals surface area contributed by atoms with Crippen LogP contribution in [0.25, 0.3) is 0 Å². The predicted molar refractivity (Wildman–Crippen MR) is 63.3 cm³/mol. The zero-order valence-electron chi connectivity index (χ0n) is 9.17. The number of quaternary nitrogens is 1. The lowest BCUT2D eigenvalue weighted by atomic mass is 10.3. The third-order valence-electron chi connectivity index (χ3n) is 2.40. The Morgan fingerprint density at radius 2 is 1.81 bits per heavy atom. The van der Waals surface area contributed by atoms with Gasteiger partial charge in [0, 0.05) is 24.5 Å². The number of rotatable bonds is 5. The van der Waals surface area contributed by atoms with Gasteiger partial charge >= 0.3 is 0 Å². The minimum Gasteiger partial charge on any atom is -0.492 e. The standard InChI is InChI=1S/C13H16N2O/c1-14-12-4-6-13(7-5-12)16-11-10-15-8-2-3-9-15/h2-9H,1,10-11,14H2. The molecule has 1 heterocycles. The van der Waals surface area contributed by atoms with Crippen molar-refractivity contribution < 1.29 is 10.1 Å². The van der Waals surface area contributed by atoms with E-state index in [1.807, 2.05) is 54.1 Å². The van der Waals surface area contributed by atoms with Gasteiger partial charge in [0.1, 0.15) is 18.0 Å². The molecule has 0 unspecified atom stereocenters. The van der Waals surface area contributed by atoms with Crippen molar-refractivity contribution in [2.45, 2.75) is 6.54 Å². The molecule has 84 valence electrons. The van der Waals surface area contributed by atoms with Crippen molar-refractivity contribution >= 4 is 5.69 Å². The molecule has 2 N–H and O–H groups in total. The quantitative estimate of drug-likeness (QED) is 0.596. The van der Waals surface area contributed by atoms with Crippen LogP contribution in [-0.2, 0) is 6.54 Å². The van der Waals surface area contributed by atoms with Gasteiger partial charge in [-0.15, -0.1) is 7.05 Å². The second-order valence-electron chi connectivity index (χ2n) is 3.54. The third-order valence-corrected chi connectivity index (χ3v) is 2.40. The lowest BCUT2D eigenvalue weighted by Crippen LogP contribution is -2.69. The molecule has 0 atom stereocenters. The van der Waals surface area contributed by atoms with Crippen molar-refractivity contribution in [2.75, 3.05) is 6.61 Å². The van der Waals surface area contributed by atoms with E-state index in [2.05, 4.69) is 11.6 Å². The lowest BCUT2D eigenvalue weighted by Gasteiger charge is -2.07. The number of aromatic nitrogens is 1. The summed E-state index contributed by atoms with van der Waals surface area (Å²) in [5, 5.41) is 1.82. The van der Waals surface area contributed by atoms with Crippen molar-refractivity contribution in [3.63, 3.8) is 0 Å². The zero-order valence-corrected chi connectivity index (χ0v) is 9.17. The van der Waals surface area contributed by atoms with Crippen LogP contribution in [0.4, 0.5) is 5.69 Å². The van der Waals surface area contributed by atoms with E-state index >= 15 is 0 Å². The van der Waals surface area contributed by atoms with Gasteiger partial charge in [-0.05, 0) is 24.3 Å². The summed E-state index contributed by atoms with van der Waals surface area (Å²) in [6, 6.07) is 12.0. The number of benzene rings is 1. The second-order valence-corrected chi connectivity index (χ2v) is 3.54. The predicted octanol–water partition coefficient (Wildman–Crippen LogP) is 1.55. The Balaban J connectivity index is 1.81. The molecule has 0 radical (unpaired) electrons. The monoisotopic (exact) mass is 216 g/mol. The highest BCUT2D eigenvalue weighted by molar-refractivity contribution is 5.35. The SMILES string of the molecule is [CH2-][NH2+]c1ccc(OCCn2cccc2)cc1. The van der Waals surface area contributed by atoms with Crippen LogP contribution in [0.15, 0.2) is 48.8 Å². The van der Waals surface area contributed by atoms with E-state index in [9.17, 15) is 0 Å². The van der Waals surface area contributed by atoms with Crippen molar-refractivity contribution in [3.8, 4) is 5.75 Å². The van der Waals surface area contributed by atoms with Crippen LogP contribution in [-0.4, -0.2) is 11.2 Å². The first kappa shape index (κ1) is 10.8. The van der Waals surface area contributed by atoms with E-state index in [0.717, 1.165) is 18.0 Å². The largest absolute Gasteiger partial charge is 0.492 e. The van der Waals surface area contributed by atoms with Gasteiger partial charge in [-0.1, -0.05) is 0 Å². The molecule has 1 aromatic heterocycles. The van der Waals surface area contributed by atoms with Crippen molar-refractivity contribution in [2.24, 2.45) is 0 Å². The fourth-order valence-corrected chi connectivity index (χ4v) is 1.49. The minimum absolute atomic E-state index is 0.683. The maximum atomic E-state index is 5.62. The average Bonchev–Trinajstić information content (AvgIpc) is 2.83. The van der Waals surface area contributed by atoms with Gasteiger partial charge < -0.3 is 14.6 Å². The van der Waals surface area contributed by atoms with Gasteiger partial charge in [-0.2, -0.15) is 0 Å². The Labute approximate surface area is 95.7 Å². The fraction of sp³-hybridized carbons (Fsp3) is 0.154. The summed E-state index contributed by atoms with van der Waals surface area (Å²) < 4.78 is 7.72.